The van der Waals surface area contributed by atoms with Crippen molar-refractivity contribution in [2.45, 2.75) is 32.6 Å². The van der Waals surface area contributed by atoms with Crippen molar-refractivity contribution in [3.05, 3.63) is 0 Å². The zero-order valence-corrected chi connectivity index (χ0v) is 8.07. The maximum absolute atomic E-state index is 10.8. The Morgan fingerprint density at radius 1 is 1.54 bits per heavy atom. The first-order chi connectivity index (χ1) is 6.20. The molecule has 3 heteroatoms. The van der Waals surface area contributed by atoms with Crippen molar-refractivity contribution in [3.63, 3.8) is 0 Å². The Bertz CT molecular complexity index is 179. The fourth-order valence-corrected chi connectivity index (χ4v) is 2.50. The first-order valence-corrected chi connectivity index (χ1v) is 5.04. The second-order valence-electron chi connectivity index (χ2n) is 3.89. The number of hydrogen-bond acceptors (Lipinski definition) is 2. The highest BCUT2D eigenvalue weighted by Crippen LogP contribution is 2.38. The van der Waals surface area contributed by atoms with Gasteiger partial charge in [-0.05, 0) is 18.3 Å². The first-order valence-electron chi connectivity index (χ1n) is 5.04. The lowest BCUT2D eigenvalue weighted by atomic mass is 9.83. The lowest BCUT2D eigenvalue weighted by Crippen LogP contribution is -2.29. The molecule has 76 valence electrons. The van der Waals surface area contributed by atoms with Gasteiger partial charge in [0.15, 0.2) is 0 Å². The van der Waals surface area contributed by atoms with Gasteiger partial charge in [-0.25, -0.2) is 0 Å². The van der Waals surface area contributed by atoms with Gasteiger partial charge in [0.2, 0.25) is 0 Å². The molecule has 13 heavy (non-hydrogen) atoms. The summed E-state index contributed by atoms with van der Waals surface area (Å²) in [5.74, 6) is -0.666. The molecule has 0 bridgehead atoms. The van der Waals surface area contributed by atoms with E-state index in [9.17, 15) is 4.79 Å². The minimum atomic E-state index is -0.840. The molecule has 3 nitrogen and oxygen atoms in total. The predicted molar refractivity (Wildman–Crippen MR) is 49.3 cm³/mol. The maximum atomic E-state index is 10.8. The van der Waals surface area contributed by atoms with E-state index in [1.807, 2.05) is 0 Å². The summed E-state index contributed by atoms with van der Waals surface area (Å²) in [6.45, 7) is 1.88. The highest BCUT2D eigenvalue weighted by Gasteiger charge is 2.35. The van der Waals surface area contributed by atoms with Crippen LogP contribution in [0.25, 0.3) is 0 Å². The summed E-state index contributed by atoms with van der Waals surface area (Å²) in [4.78, 5) is 10.8. The van der Waals surface area contributed by atoms with Crippen molar-refractivity contribution in [1.29, 1.82) is 0 Å². The third kappa shape index (κ3) is 2.21. The van der Waals surface area contributed by atoms with Gasteiger partial charge in [-0.3, -0.25) is 4.79 Å². The van der Waals surface area contributed by atoms with E-state index < -0.39 is 11.9 Å². The second kappa shape index (κ2) is 4.61. The average Bonchev–Trinajstić information content (AvgIpc) is 2.53. The van der Waals surface area contributed by atoms with E-state index in [1.165, 1.54) is 0 Å². The summed E-state index contributed by atoms with van der Waals surface area (Å²) in [6, 6.07) is 0. The zero-order chi connectivity index (χ0) is 9.84. The number of carboxylic acids is 1. The Morgan fingerprint density at radius 3 is 2.69 bits per heavy atom. The minimum Gasteiger partial charge on any atom is -0.481 e. The van der Waals surface area contributed by atoms with E-state index in [2.05, 4.69) is 6.92 Å². The predicted octanol–water partition coefficient (Wildman–Crippen LogP) is 1.51. The van der Waals surface area contributed by atoms with Crippen LogP contribution in [0.3, 0.4) is 0 Å². The quantitative estimate of drug-likeness (QED) is 0.699. The summed E-state index contributed by atoms with van der Waals surface area (Å²) in [6.07, 6.45) is 4.25. The molecule has 0 aromatic carbocycles. The van der Waals surface area contributed by atoms with Gasteiger partial charge in [0, 0.05) is 0 Å². The number of aliphatic hydroxyl groups excluding tert-OH is 1. The second-order valence-corrected chi connectivity index (χ2v) is 3.89. The molecule has 0 aromatic rings. The Kier molecular flexibility index (Phi) is 3.72. The van der Waals surface area contributed by atoms with Gasteiger partial charge in [0.05, 0.1) is 12.5 Å². The molecule has 0 spiro atoms. The van der Waals surface area contributed by atoms with Crippen LogP contribution in [0.5, 0.6) is 0 Å². The van der Waals surface area contributed by atoms with Crippen LogP contribution in [0.15, 0.2) is 0 Å². The maximum Gasteiger partial charge on any atom is 0.309 e. The summed E-state index contributed by atoms with van der Waals surface area (Å²) >= 11 is 0. The molecule has 0 aliphatic heterocycles. The highest BCUT2D eigenvalue weighted by atomic mass is 16.4. The van der Waals surface area contributed by atoms with Gasteiger partial charge in [-0.2, -0.15) is 0 Å². The summed E-state index contributed by atoms with van der Waals surface area (Å²) in [7, 11) is 0. The van der Waals surface area contributed by atoms with Gasteiger partial charge < -0.3 is 10.2 Å². The fourth-order valence-electron chi connectivity index (χ4n) is 2.50. The third-order valence-electron chi connectivity index (χ3n) is 3.27. The van der Waals surface area contributed by atoms with Crippen molar-refractivity contribution < 1.29 is 15.0 Å². The SMILES string of the molecule is CCC1CCCC1C(CO)C(=O)O. The van der Waals surface area contributed by atoms with Crippen LogP contribution < -0.4 is 0 Å². The van der Waals surface area contributed by atoms with Crippen LogP contribution >= 0.6 is 0 Å². The molecule has 1 aliphatic rings. The zero-order valence-electron chi connectivity index (χ0n) is 8.07. The third-order valence-corrected chi connectivity index (χ3v) is 3.27. The number of carbonyl (C=O) groups is 1. The van der Waals surface area contributed by atoms with E-state index in [-0.39, 0.29) is 12.5 Å². The van der Waals surface area contributed by atoms with Crippen LogP contribution in [0.1, 0.15) is 32.6 Å². The van der Waals surface area contributed by atoms with Crippen molar-refractivity contribution >= 4 is 5.97 Å². The molecule has 1 aliphatic carbocycles. The summed E-state index contributed by atoms with van der Waals surface area (Å²) in [5.41, 5.74) is 0. The molecule has 0 radical (unpaired) electrons. The minimum absolute atomic E-state index is 0.201. The Labute approximate surface area is 78.8 Å². The normalized spacial score (nSPS) is 30.3. The van der Waals surface area contributed by atoms with E-state index >= 15 is 0 Å². The van der Waals surface area contributed by atoms with Crippen LogP contribution in [0.2, 0.25) is 0 Å². The Morgan fingerprint density at radius 2 is 2.23 bits per heavy atom. The molecule has 3 atom stereocenters. The number of carboxylic acid groups (broad SMARTS) is 1. The molecular weight excluding hydrogens is 168 g/mol. The summed E-state index contributed by atoms with van der Waals surface area (Å²) < 4.78 is 0. The molecule has 1 fully saturated rings. The number of rotatable bonds is 4. The van der Waals surface area contributed by atoms with E-state index in [0.29, 0.717) is 5.92 Å². The standard InChI is InChI=1S/C10H18O3/c1-2-7-4-3-5-8(7)9(6-11)10(12)13/h7-9,11H,2-6H2,1H3,(H,12,13). The number of hydrogen-bond donors (Lipinski definition) is 2. The average molecular weight is 186 g/mol. The topological polar surface area (TPSA) is 57.5 Å². The van der Waals surface area contributed by atoms with Crippen LogP contribution in [0.4, 0.5) is 0 Å². The molecule has 0 aromatic heterocycles. The van der Waals surface area contributed by atoms with Gasteiger partial charge in [0.1, 0.15) is 0 Å². The van der Waals surface area contributed by atoms with Gasteiger partial charge in [0.25, 0.3) is 0 Å². The molecule has 0 saturated heterocycles. The smallest absolute Gasteiger partial charge is 0.309 e. The summed E-state index contributed by atoms with van der Waals surface area (Å²) in [5, 5.41) is 17.9. The van der Waals surface area contributed by atoms with Crippen molar-refractivity contribution in [2.24, 2.45) is 17.8 Å². The van der Waals surface area contributed by atoms with Gasteiger partial charge >= 0.3 is 5.97 Å². The lowest BCUT2D eigenvalue weighted by Gasteiger charge is -2.23. The molecule has 2 N–H and O–H groups in total. The van der Waals surface area contributed by atoms with Crippen molar-refractivity contribution in [3.8, 4) is 0 Å². The molecule has 3 unspecified atom stereocenters. The molecule has 1 rings (SSSR count). The van der Waals surface area contributed by atoms with Crippen LogP contribution in [-0.2, 0) is 4.79 Å². The lowest BCUT2D eigenvalue weighted by molar-refractivity contribution is -0.145. The number of aliphatic carboxylic acids is 1. The molecule has 0 amide bonds. The van der Waals surface area contributed by atoms with Gasteiger partial charge in [-0.15, -0.1) is 0 Å². The van der Waals surface area contributed by atoms with E-state index in [1.54, 1.807) is 0 Å². The fraction of sp³-hybridized carbons (Fsp3) is 0.900. The molecule has 1 saturated carbocycles. The largest absolute Gasteiger partial charge is 0.481 e. The van der Waals surface area contributed by atoms with Crippen LogP contribution in [-0.4, -0.2) is 22.8 Å². The first kappa shape index (κ1) is 10.5. The highest BCUT2D eigenvalue weighted by molar-refractivity contribution is 5.70. The van der Waals surface area contributed by atoms with E-state index in [4.69, 9.17) is 10.2 Å². The monoisotopic (exact) mass is 186 g/mol. The molecule has 0 heterocycles. The Hall–Kier alpha value is -0.570. The van der Waals surface area contributed by atoms with Crippen molar-refractivity contribution in [2.75, 3.05) is 6.61 Å². The van der Waals surface area contributed by atoms with Crippen LogP contribution in [0, 0.1) is 17.8 Å². The van der Waals surface area contributed by atoms with Crippen molar-refractivity contribution in [1.82, 2.24) is 0 Å². The number of aliphatic hydroxyl groups is 1. The Balaban J connectivity index is 2.61. The van der Waals surface area contributed by atoms with Gasteiger partial charge in [-0.1, -0.05) is 26.2 Å². The van der Waals surface area contributed by atoms with E-state index in [0.717, 1.165) is 25.7 Å². The molecular formula is C10H18O3.